The summed E-state index contributed by atoms with van der Waals surface area (Å²) >= 11 is 1.59. The van der Waals surface area contributed by atoms with E-state index in [0.717, 1.165) is 32.8 Å². The van der Waals surface area contributed by atoms with E-state index >= 15 is 0 Å². The molecule has 128 valence electrons. The third-order valence-electron chi connectivity index (χ3n) is 4.61. The number of hydrogen-bond donors (Lipinski definition) is 1. The quantitative estimate of drug-likeness (QED) is 0.765. The van der Waals surface area contributed by atoms with Crippen molar-refractivity contribution in [2.24, 2.45) is 0 Å². The zero-order valence-corrected chi connectivity index (χ0v) is 14.9. The van der Waals surface area contributed by atoms with E-state index in [0.29, 0.717) is 24.5 Å². The lowest BCUT2D eigenvalue weighted by Gasteiger charge is -2.27. The Labute approximate surface area is 149 Å². The Morgan fingerprint density at radius 3 is 3.00 bits per heavy atom. The van der Waals surface area contributed by atoms with Gasteiger partial charge in [0.1, 0.15) is 22.7 Å². The number of nitrogens with zero attached hydrogens (tertiary/aromatic N) is 3. The van der Waals surface area contributed by atoms with Crippen LogP contribution in [-0.4, -0.2) is 34.4 Å². The third kappa shape index (κ3) is 2.60. The molecule has 2 N–H and O–H groups in total. The lowest BCUT2D eigenvalue weighted by atomic mass is 10.0. The van der Waals surface area contributed by atoms with Crippen molar-refractivity contribution >= 4 is 33.3 Å². The van der Waals surface area contributed by atoms with Crippen molar-refractivity contribution in [2.45, 2.75) is 19.9 Å². The predicted molar refractivity (Wildman–Crippen MR) is 98.0 cm³/mol. The molecular formula is C18H18N4O2S. The summed E-state index contributed by atoms with van der Waals surface area (Å²) in [6, 6.07) is 5.57. The van der Waals surface area contributed by atoms with Gasteiger partial charge in [-0.1, -0.05) is 6.07 Å². The Balaban J connectivity index is 1.65. The molecule has 0 atom stereocenters. The SMILES string of the molecule is COc1cc(C(=O)N2CCc3c(sc4ncnc(N)c34)C2)ccc1C. The van der Waals surface area contributed by atoms with Crippen LogP contribution < -0.4 is 10.5 Å². The maximum absolute atomic E-state index is 12.9. The molecule has 3 aromatic rings. The van der Waals surface area contributed by atoms with Gasteiger partial charge in [-0.3, -0.25) is 4.79 Å². The van der Waals surface area contributed by atoms with Crippen molar-refractivity contribution in [1.82, 2.24) is 14.9 Å². The highest BCUT2D eigenvalue weighted by Crippen LogP contribution is 2.36. The average molecular weight is 354 g/mol. The summed E-state index contributed by atoms with van der Waals surface area (Å²) in [7, 11) is 1.62. The van der Waals surface area contributed by atoms with Crippen molar-refractivity contribution in [2.75, 3.05) is 19.4 Å². The summed E-state index contributed by atoms with van der Waals surface area (Å²) < 4.78 is 5.33. The number of thiophene rings is 1. The minimum Gasteiger partial charge on any atom is -0.496 e. The van der Waals surface area contributed by atoms with E-state index in [1.807, 2.05) is 30.0 Å². The molecule has 1 aromatic carbocycles. The van der Waals surface area contributed by atoms with Gasteiger partial charge in [-0.25, -0.2) is 9.97 Å². The molecule has 0 spiro atoms. The van der Waals surface area contributed by atoms with Crippen LogP contribution >= 0.6 is 11.3 Å². The number of fused-ring (bicyclic) bond motifs is 3. The number of aryl methyl sites for hydroxylation is 1. The second-order valence-electron chi connectivity index (χ2n) is 6.10. The van der Waals surface area contributed by atoms with Crippen LogP contribution in [-0.2, 0) is 13.0 Å². The van der Waals surface area contributed by atoms with Gasteiger partial charge in [-0.15, -0.1) is 11.3 Å². The molecule has 0 bridgehead atoms. The van der Waals surface area contributed by atoms with Gasteiger partial charge in [0, 0.05) is 17.0 Å². The lowest BCUT2D eigenvalue weighted by Crippen LogP contribution is -2.35. The van der Waals surface area contributed by atoms with Crippen LogP contribution in [0.3, 0.4) is 0 Å². The zero-order valence-electron chi connectivity index (χ0n) is 14.1. The molecule has 4 rings (SSSR count). The molecule has 2 aromatic heterocycles. The van der Waals surface area contributed by atoms with Crippen molar-refractivity contribution < 1.29 is 9.53 Å². The Bertz CT molecular complexity index is 983. The van der Waals surface area contributed by atoms with Gasteiger partial charge in [0.25, 0.3) is 5.91 Å². The van der Waals surface area contributed by atoms with E-state index in [2.05, 4.69) is 9.97 Å². The lowest BCUT2D eigenvalue weighted by molar-refractivity contribution is 0.0737. The van der Waals surface area contributed by atoms with Gasteiger partial charge in [0.2, 0.25) is 0 Å². The van der Waals surface area contributed by atoms with Gasteiger partial charge in [-0.2, -0.15) is 0 Å². The first-order chi connectivity index (χ1) is 12.1. The molecular weight excluding hydrogens is 336 g/mol. The van der Waals surface area contributed by atoms with E-state index in [4.69, 9.17) is 10.5 Å². The number of ether oxygens (including phenoxy) is 1. The van der Waals surface area contributed by atoms with Crippen LogP contribution in [0.4, 0.5) is 5.82 Å². The van der Waals surface area contributed by atoms with Crippen LogP contribution in [0.1, 0.15) is 26.4 Å². The second kappa shape index (κ2) is 6.00. The Morgan fingerprint density at radius 1 is 1.36 bits per heavy atom. The monoisotopic (exact) mass is 354 g/mol. The van der Waals surface area contributed by atoms with Crippen LogP contribution in [0.5, 0.6) is 5.75 Å². The molecule has 0 saturated heterocycles. The predicted octanol–water partition coefficient (Wildman–Crippen LogP) is 2.79. The number of anilines is 1. The van der Waals surface area contributed by atoms with E-state index in [-0.39, 0.29) is 5.91 Å². The number of amides is 1. The molecule has 0 aliphatic carbocycles. The second-order valence-corrected chi connectivity index (χ2v) is 7.19. The summed E-state index contributed by atoms with van der Waals surface area (Å²) in [6.07, 6.45) is 2.25. The van der Waals surface area contributed by atoms with E-state index < -0.39 is 0 Å². The minimum atomic E-state index is 0.0143. The van der Waals surface area contributed by atoms with Crippen LogP contribution in [0.15, 0.2) is 24.5 Å². The maximum Gasteiger partial charge on any atom is 0.254 e. The molecule has 0 radical (unpaired) electrons. The van der Waals surface area contributed by atoms with Crippen LogP contribution in [0.2, 0.25) is 0 Å². The van der Waals surface area contributed by atoms with E-state index in [1.54, 1.807) is 18.4 Å². The summed E-state index contributed by atoms with van der Waals surface area (Å²) in [5.74, 6) is 1.26. The summed E-state index contributed by atoms with van der Waals surface area (Å²) in [5, 5.41) is 0.951. The first-order valence-corrected chi connectivity index (χ1v) is 8.84. The molecule has 1 aliphatic rings. The topological polar surface area (TPSA) is 81.3 Å². The van der Waals surface area contributed by atoms with Crippen molar-refractivity contribution in [3.63, 3.8) is 0 Å². The number of rotatable bonds is 2. The number of benzene rings is 1. The van der Waals surface area contributed by atoms with Gasteiger partial charge in [0.05, 0.1) is 19.0 Å². The van der Waals surface area contributed by atoms with Crippen LogP contribution in [0.25, 0.3) is 10.2 Å². The summed E-state index contributed by atoms with van der Waals surface area (Å²) in [5.41, 5.74) is 8.86. The molecule has 1 amide bonds. The fraction of sp³-hybridized carbons (Fsp3) is 0.278. The highest BCUT2D eigenvalue weighted by molar-refractivity contribution is 7.19. The summed E-state index contributed by atoms with van der Waals surface area (Å²) in [4.78, 5) is 25.2. The Morgan fingerprint density at radius 2 is 2.20 bits per heavy atom. The van der Waals surface area contributed by atoms with Crippen LogP contribution in [0, 0.1) is 6.92 Å². The van der Waals surface area contributed by atoms with Gasteiger partial charge >= 0.3 is 0 Å². The number of nitrogen functional groups attached to an aromatic ring is 1. The number of aromatic nitrogens is 2. The molecule has 7 heteroatoms. The van der Waals surface area contributed by atoms with Gasteiger partial charge in [-0.05, 0) is 36.6 Å². The fourth-order valence-corrected chi connectivity index (χ4v) is 4.47. The number of methoxy groups -OCH3 is 1. The maximum atomic E-state index is 12.9. The Hall–Kier alpha value is -2.67. The van der Waals surface area contributed by atoms with Crippen molar-refractivity contribution in [1.29, 1.82) is 0 Å². The molecule has 25 heavy (non-hydrogen) atoms. The first-order valence-electron chi connectivity index (χ1n) is 8.03. The fourth-order valence-electron chi connectivity index (χ4n) is 3.26. The highest BCUT2D eigenvalue weighted by Gasteiger charge is 2.26. The number of nitrogens with two attached hydrogens (primary N) is 1. The molecule has 0 saturated carbocycles. The smallest absolute Gasteiger partial charge is 0.254 e. The van der Waals surface area contributed by atoms with Crippen molar-refractivity contribution in [3.8, 4) is 5.75 Å². The number of hydrogen-bond acceptors (Lipinski definition) is 6. The molecule has 0 unspecified atom stereocenters. The van der Waals surface area contributed by atoms with E-state index in [1.165, 1.54) is 11.9 Å². The molecule has 6 nitrogen and oxygen atoms in total. The average Bonchev–Trinajstić information content (AvgIpc) is 3.00. The first kappa shape index (κ1) is 15.8. The van der Waals surface area contributed by atoms with Crippen molar-refractivity contribution in [3.05, 3.63) is 46.1 Å². The largest absolute Gasteiger partial charge is 0.496 e. The molecule has 0 fully saturated rings. The van der Waals surface area contributed by atoms with E-state index in [9.17, 15) is 4.79 Å². The normalized spacial score (nSPS) is 13.8. The summed E-state index contributed by atoms with van der Waals surface area (Å²) in [6.45, 7) is 3.19. The highest BCUT2D eigenvalue weighted by atomic mass is 32.1. The Kier molecular flexibility index (Phi) is 3.80. The standard InChI is InChI=1S/C18H18N4O2S/c1-10-3-4-11(7-13(10)24-2)18(23)22-6-5-12-14(8-22)25-17-15(12)16(19)20-9-21-17/h3-4,7,9H,5-6,8H2,1-2H3,(H2,19,20,21). The number of carbonyl (C=O) groups is 1. The molecule has 3 heterocycles. The molecule has 1 aliphatic heterocycles. The number of carbonyl (C=O) groups excluding carboxylic acids is 1. The van der Waals surface area contributed by atoms with Gasteiger partial charge in [0.15, 0.2) is 0 Å². The zero-order chi connectivity index (χ0) is 17.6. The minimum absolute atomic E-state index is 0.0143. The third-order valence-corrected chi connectivity index (χ3v) is 5.73. The van der Waals surface area contributed by atoms with Gasteiger partial charge < -0.3 is 15.4 Å².